The van der Waals surface area contributed by atoms with Crippen LogP contribution in [0.15, 0.2) is 39.2 Å². The molecule has 0 fully saturated rings. The summed E-state index contributed by atoms with van der Waals surface area (Å²) in [7, 11) is 0. The van der Waals surface area contributed by atoms with Gasteiger partial charge < -0.3 is 9.73 Å². The Balaban J connectivity index is 1.91. The molecule has 1 aromatic carbocycles. The first-order chi connectivity index (χ1) is 8.15. The molecule has 2 aromatic rings. The van der Waals surface area contributed by atoms with Gasteiger partial charge in [-0.15, -0.1) is 0 Å². The van der Waals surface area contributed by atoms with Gasteiger partial charge in [0, 0.05) is 16.6 Å². The maximum absolute atomic E-state index is 13.4. The third-order valence-electron chi connectivity index (χ3n) is 2.25. The summed E-state index contributed by atoms with van der Waals surface area (Å²) < 4.78 is 19.4. The summed E-state index contributed by atoms with van der Waals surface area (Å²) in [5, 5.41) is 3.44. The summed E-state index contributed by atoms with van der Waals surface area (Å²) in [6, 6.07) is 8.32. The van der Waals surface area contributed by atoms with Gasteiger partial charge in [0.05, 0.1) is 6.54 Å². The molecule has 5 heteroatoms. The lowest BCUT2D eigenvalue weighted by molar-refractivity contribution is 0.481. The van der Waals surface area contributed by atoms with Crippen molar-refractivity contribution in [3.05, 3.63) is 57.2 Å². The molecule has 1 N–H and O–H groups in total. The zero-order valence-corrected chi connectivity index (χ0v) is 11.2. The van der Waals surface area contributed by atoms with E-state index in [1.807, 2.05) is 0 Å². The number of hydrogen-bond acceptors (Lipinski definition) is 2. The highest BCUT2D eigenvalue weighted by Gasteiger charge is 2.03. The van der Waals surface area contributed by atoms with Crippen molar-refractivity contribution in [3.63, 3.8) is 0 Å². The van der Waals surface area contributed by atoms with Gasteiger partial charge >= 0.3 is 0 Å². The first-order valence-electron chi connectivity index (χ1n) is 5.04. The van der Waals surface area contributed by atoms with Crippen molar-refractivity contribution in [2.75, 3.05) is 0 Å². The van der Waals surface area contributed by atoms with Crippen LogP contribution in [0.2, 0.25) is 5.22 Å². The highest BCUT2D eigenvalue weighted by atomic mass is 79.9. The highest BCUT2D eigenvalue weighted by Crippen LogP contribution is 2.16. The van der Waals surface area contributed by atoms with Gasteiger partial charge in [-0.1, -0.05) is 15.9 Å². The van der Waals surface area contributed by atoms with Crippen LogP contribution in [0.3, 0.4) is 0 Å². The van der Waals surface area contributed by atoms with Crippen LogP contribution in [0.5, 0.6) is 0 Å². The minimum absolute atomic E-state index is 0.224. The molecule has 0 saturated heterocycles. The second kappa shape index (κ2) is 5.67. The summed E-state index contributed by atoms with van der Waals surface area (Å²) in [6.07, 6.45) is 0. The first-order valence-corrected chi connectivity index (χ1v) is 6.21. The van der Waals surface area contributed by atoms with Crippen LogP contribution in [0.25, 0.3) is 0 Å². The molecule has 90 valence electrons. The molecule has 0 spiro atoms. The van der Waals surface area contributed by atoms with Crippen molar-refractivity contribution in [3.8, 4) is 0 Å². The molecule has 1 heterocycles. The van der Waals surface area contributed by atoms with E-state index in [0.717, 1.165) is 10.2 Å². The SMILES string of the molecule is Fc1ccc(Br)cc1CNCc1ccc(Cl)o1. The van der Waals surface area contributed by atoms with E-state index in [2.05, 4.69) is 21.2 Å². The number of halogens is 3. The zero-order valence-electron chi connectivity index (χ0n) is 8.84. The van der Waals surface area contributed by atoms with Gasteiger partial charge in [-0.25, -0.2) is 4.39 Å². The Hall–Kier alpha value is -0.840. The van der Waals surface area contributed by atoms with Crippen molar-refractivity contribution in [1.29, 1.82) is 0 Å². The van der Waals surface area contributed by atoms with Crippen LogP contribution in [0.4, 0.5) is 4.39 Å². The minimum atomic E-state index is -0.224. The molecular formula is C12H10BrClFNO. The molecule has 0 bridgehead atoms. The van der Waals surface area contributed by atoms with Gasteiger partial charge in [0.1, 0.15) is 11.6 Å². The maximum atomic E-state index is 13.4. The molecule has 1 aromatic heterocycles. The van der Waals surface area contributed by atoms with Crippen molar-refractivity contribution >= 4 is 27.5 Å². The molecule has 0 unspecified atom stereocenters. The summed E-state index contributed by atoms with van der Waals surface area (Å²) >= 11 is 8.95. The minimum Gasteiger partial charge on any atom is -0.448 e. The number of rotatable bonds is 4. The predicted molar refractivity (Wildman–Crippen MR) is 68.4 cm³/mol. The van der Waals surface area contributed by atoms with Crippen LogP contribution in [-0.4, -0.2) is 0 Å². The molecule has 0 atom stereocenters. The molecule has 2 nitrogen and oxygen atoms in total. The topological polar surface area (TPSA) is 25.2 Å². The molecule has 0 aliphatic rings. The molecule has 0 amide bonds. The van der Waals surface area contributed by atoms with Crippen LogP contribution >= 0.6 is 27.5 Å². The van der Waals surface area contributed by atoms with Crippen molar-refractivity contribution < 1.29 is 8.81 Å². The Labute approximate surface area is 112 Å². The second-order valence-corrected chi connectivity index (χ2v) is 4.83. The van der Waals surface area contributed by atoms with E-state index in [4.69, 9.17) is 16.0 Å². The van der Waals surface area contributed by atoms with E-state index in [1.54, 1.807) is 24.3 Å². The van der Waals surface area contributed by atoms with E-state index in [0.29, 0.717) is 23.9 Å². The molecule has 17 heavy (non-hydrogen) atoms. The van der Waals surface area contributed by atoms with Crippen LogP contribution in [0.1, 0.15) is 11.3 Å². The fourth-order valence-corrected chi connectivity index (χ4v) is 2.02. The van der Waals surface area contributed by atoms with E-state index in [-0.39, 0.29) is 5.82 Å². The monoisotopic (exact) mass is 317 g/mol. The van der Waals surface area contributed by atoms with Gasteiger partial charge in [0.2, 0.25) is 0 Å². The third kappa shape index (κ3) is 3.56. The largest absolute Gasteiger partial charge is 0.448 e. The lowest BCUT2D eigenvalue weighted by Crippen LogP contribution is -2.13. The average Bonchev–Trinajstić information content (AvgIpc) is 2.69. The van der Waals surface area contributed by atoms with Gasteiger partial charge in [0.25, 0.3) is 0 Å². The lowest BCUT2D eigenvalue weighted by atomic mass is 10.2. The standard InChI is InChI=1S/C12H10BrClFNO/c13-9-1-3-11(15)8(5-9)6-16-7-10-2-4-12(14)17-10/h1-5,16H,6-7H2. The number of hydrogen-bond donors (Lipinski definition) is 1. The van der Waals surface area contributed by atoms with Crippen molar-refractivity contribution in [2.24, 2.45) is 0 Å². The van der Waals surface area contributed by atoms with Crippen LogP contribution < -0.4 is 5.32 Å². The number of benzene rings is 1. The summed E-state index contributed by atoms with van der Waals surface area (Å²) in [6.45, 7) is 0.947. The number of nitrogens with one attached hydrogen (secondary N) is 1. The summed E-state index contributed by atoms with van der Waals surface area (Å²) in [5.41, 5.74) is 0.608. The predicted octanol–water partition coefficient (Wildman–Crippen LogP) is 4.12. The quantitative estimate of drug-likeness (QED) is 0.917. The zero-order chi connectivity index (χ0) is 12.3. The van der Waals surface area contributed by atoms with E-state index in [9.17, 15) is 4.39 Å². The average molecular weight is 319 g/mol. The van der Waals surface area contributed by atoms with E-state index >= 15 is 0 Å². The maximum Gasteiger partial charge on any atom is 0.193 e. The van der Waals surface area contributed by atoms with Gasteiger partial charge in [-0.05, 0) is 41.9 Å². The summed E-state index contributed by atoms with van der Waals surface area (Å²) in [5.74, 6) is 0.503. The van der Waals surface area contributed by atoms with Gasteiger partial charge in [0.15, 0.2) is 5.22 Å². The van der Waals surface area contributed by atoms with Crippen molar-refractivity contribution in [2.45, 2.75) is 13.1 Å². The highest BCUT2D eigenvalue weighted by molar-refractivity contribution is 9.10. The van der Waals surface area contributed by atoms with Gasteiger partial charge in [-0.2, -0.15) is 0 Å². The second-order valence-electron chi connectivity index (χ2n) is 3.55. The normalized spacial score (nSPS) is 10.8. The van der Waals surface area contributed by atoms with Gasteiger partial charge in [-0.3, -0.25) is 0 Å². The molecular weight excluding hydrogens is 308 g/mol. The first kappa shape index (κ1) is 12.6. The molecule has 0 aliphatic carbocycles. The molecule has 0 saturated carbocycles. The Morgan fingerprint density at radius 2 is 2.06 bits per heavy atom. The van der Waals surface area contributed by atoms with E-state index in [1.165, 1.54) is 6.07 Å². The third-order valence-corrected chi connectivity index (χ3v) is 2.95. The Bertz CT molecular complexity index is 515. The molecule has 2 rings (SSSR count). The Kier molecular flexibility index (Phi) is 4.20. The Morgan fingerprint density at radius 3 is 2.76 bits per heavy atom. The molecule has 0 aliphatic heterocycles. The van der Waals surface area contributed by atoms with E-state index < -0.39 is 0 Å². The fourth-order valence-electron chi connectivity index (χ4n) is 1.45. The smallest absolute Gasteiger partial charge is 0.193 e. The number of furan rings is 1. The fraction of sp³-hybridized carbons (Fsp3) is 0.167. The van der Waals surface area contributed by atoms with Crippen LogP contribution in [-0.2, 0) is 13.1 Å². The van der Waals surface area contributed by atoms with Crippen molar-refractivity contribution in [1.82, 2.24) is 5.32 Å². The summed E-state index contributed by atoms with van der Waals surface area (Å²) in [4.78, 5) is 0. The lowest BCUT2D eigenvalue weighted by Gasteiger charge is -2.05. The Morgan fingerprint density at radius 1 is 1.24 bits per heavy atom. The molecule has 0 radical (unpaired) electrons. The van der Waals surface area contributed by atoms with Crippen LogP contribution in [0, 0.1) is 5.82 Å².